The minimum absolute atomic E-state index is 0.184. The first-order valence-corrected chi connectivity index (χ1v) is 18.1. The molecule has 1 aromatic heterocycles. The number of aliphatic hydroxyl groups excluding tert-OH is 1. The topological polar surface area (TPSA) is 127 Å². The Balaban J connectivity index is 1.34. The fourth-order valence-electron chi connectivity index (χ4n) is 6.60. The van der Waals surface area contributed by atoms with Gasteiger partial charge in [-0.05, 0) is 105 Å². The van der Waals surface area contributed by atoms with E-state index >= 15 is 0 Å². The van der Waals surface area contributed by atoms with E-state index in [-0.39, 0.29) is 18.6 Å². The molecule has 2 N–H and O–H groups in total. The second kappa shape index (κ2) is 14.4. The normalized spacial score (nSPS) is 27.7. The summed E-state index contributed by atoms with van der Waals surface area (Å²) in [6.45, 7) is 5.55. The summed E-state index contributed by atoms with van der Waals surface area (Å²) in [6.07, 6.45) is 8.37. The highest BCUT2D eigenvalue weighted by atomic mass is 35.5. The predicted molar refractivity (Wildman–Crippen MR) is 176 cm³/mol. The van der Waals surface area contributed by atoms with Gasteiger partial charge in [-0.2, -0.15) is 4.72 Å². The van der Waals surface area contributed by atoms with Crippen molar-refractivity contribution in [3.8, 4) is 5.75 Å². The Hall–Kier alpha value is -2.96. The molecule has 1 unspecified atom stereocenters. The van der Waals surface area contributed by atoms with E-state index in [0.29, 0.717) is 53.5 Å². The lowest BCUT2D eigenvalue weighted by Crippen LogP contribution is -2.44. The van der Waals surface area contributed by atoms with Gasteiger partial charge in [0.25, 0.3) is 0 Å². The molecule has 46 heavy (non-hydrogen) atoms. The number of nitrogens with one attached hydrogen (secondary N) is 1. The average molecular weight is 671 g/mol. The summed E-state index contributed by atoms with van der Waals surface area (Å²) in [5.74, 6) is 2.23. The van der Waals surface area contributed by atoms with Crippen molar-refractivity contribution in [1.29, 1.82) is 0 Å². The van der Waals surface area contributed by atoms with Crippen molar-refractivity contribution in [3.63, 3.8) is 0 Å². The van der Waals surface area contributed by atoms with Crippen LogP contribution in [0, 0.1) is 18.8 Å². The molecule has 0 amide bonds. The van der Waals surface area contributed by atoms with Gasteiger partial charge >= 0.3 is 0 Å². The molecule has 1 aliphatic carbocycles. The standard InChI is InChI=1S/C34H43ClN4O6S/c1-22-7-3-4-9-31(44-21-33-37-36-23(2)45-33)29-14-11-26(29)19-39-16-6-5-8-24-17-28(35)13-10-27(24)20-43-32-15-12-25(18-30(32)39)34(40)38-46(22,41)42/h4,9-10,12-13,15,17-18,22,26,29,31,34,38,40H,3,5-8,11,14,16,19-21H2,1-2H3/b9-4+/t22-,26+,29-,31+,34?/m1/s1. The van der Waals surface area contributed by atoms with Crippen LogP contribution in [0.15, 0.2) is 53.0 Å². The van der Waals surface area contributed by atoms with Crippen molar-refractivity contribution in [3.05, 3.63) is 82.0 Å². The fraction of sp³-hybridized carbons (Fsp3) is 0.529. The number of allylic oxidation sites excluding steroid dienone is 1. The maximum atomic E-state index is 13.2. The van der Waals surface area contributed by atoms with E-state index in [4.69, 9.17) is 25.5 Å². The molecule has 5 atom stereocenters. The van der Waals surface area contributed by atoms with Gasteiger partial charge in [-0.3, -0.25) is 0 Å². The maximum absolute atomic E-state index is 13.2. The van der Waals surface area contributed by atoms with Crippen molar-refractivity contribution < 1.29 is 27.4 Å². The van der Waals surface area contributed by atoms with Gasteiger partial charge in [0.05, 0.1) is 17.0 Å². The third-order valence-corrected chi connectivity index (χ3v) is 11.6. The van der Waals surface area contributed by atoms with Crippen LogP contribution in [0.1, 0.15) is 80.1 Å². The lowest BCUT2D eigenvalue weighted by molar-refractivity contribution is -0.0293. The highest BCUT2D eigenvalue weighted by molar-refractivity contribution is 7.90. The minimum Gasteiger partial charge on any atom is -0.487 e. The van der Waals surface area contributed by atoms with E-state index in [1.807, 2.05) is 36.4 Å². The third-order valence-electron chi connectivity index (χ3n) is 9.51. The van der Waals surface area contributed by atoms with Gasteiger partial charge < -0.3 is 23.9 Å². The third kappa shape index (κ3) is 7.77. The summed E-state index contributed by atoms with van der Waals surface area (Å²) in [5, 5.41) is 19.2. The van der Waals surface area contributed by atoms with E-state index in [2.05, 4.69) is 25.9 Å². The number of hydrogen-bond donors (Lipinski definition) is 2. The summed E-state index contributed by atoms with van der Waals surface area (Å²) in [7, 11) is -3.80. The molecule has 1 saturated carbocycles. The molecule has 3 aromatic rings. The second-order valence-corrected chi connectivity index (χ2v) is 15.3. The smallest absolute Gasteiger partial charge is 0.242 e. The van der Waals surface area contributed by atoms with E-state index in [1.165, 1.54) is 5.56 Å². The first kappa shape index (κ1) is 33.0. The quantitative estimate of drug-likeness (QED) is 0.322. The molecular formula is C34H43ClN4O6S. The van der Waals surface area contributed by atoms with Gasteiger partial charge in [-0.1, -0.05) is 35.9 Å². The van der Waals surface area contributed by atoms with Crippen molar-refractivity contribution >= 4 is 27.3 Å². The lowest BCUT2D eigenvalue weighted by Gasteiger charge is -2.44. The van der Waals surface area contributed by atoms with E-state index < -0.39 is 21.5 Å². The first-order chi connectivity index (χ1) is 22.2. The Morgan fingerprint density at radius 1 is 1.11 bits per heavy atom. The summed E-state index contributed by atoms with van der Waals surface area (Å²) in [4.78, 5) is 2.34. The Kier molecular flexibility index (Phi) is 10.3. The molecule has 12 heteroatoms. The van der Waals surface area contributed by atoms with Crippen LogP contribution in [0.5, 0.6) is 5.75 Å². The van der Waals surface area contributed by atoms with Gasteiger partial charge in [0, 0.05) is 25.0 Å². The number of benzene rings is 2. The van der Waals surface area contributed by atoms with Gasteiger partial charge in [-0.25, -0.2) is 8.42 Å². The monoisotopic (exact) mass is 670 g/mol. The summed E-state index contributed by atoms with van der Waals surface area (Å²) < 4.78 is 47.3. The van der Waals surface area contributed by atoms with Crippen LogP contribution in [0.2, 0.25) is 5.02 Å². The Bertz CT molecular complexity index is 1650. The van der Waals surface area contributed by atoms with Crippen LogP contribution in [0.4, 0.5) is 5.69 Å². The predicted octanol–water partition coefficient (Wildman–Crippen LogP) is 6.01. The Labute approximate surface area is 276 Å². The number of ether oxygens (including phenoxy) is 2. The zero-order valence-electron chi connectivity index (χ0n) is 26.4. The van der Waals surface area contributed by atoms with Crippen molar-refractivity contribution in [2.45, 2.75) is 89.6 Å². The molecule has 6 rings (SSSR count). The highest BCUT2D eigenvalue weighted by Crippen LogP contribution is 2.42. The number of aryl methyl sites for hydroxylation is 2. The molecule has 2 bridgehead atoms. The van der Waals surface area contributed by atoms with Crippen LogP contribution < -0.4 is 14.4 Å². The molecule has 2 aliphatic heterocycles. The Morgan fingerprint density at radius 2 is 1.98 bits per heavy atom. The number of aliphatic hydroxyl groups is 1. The van der Waals surface area contributed by atoms with E-state index in [9.17, 15) is 13.5 Å². The SMILES string of the molecule is Cc1nnc(CO[C@H]2/C=C/CC[C@@H](C)S(=O)(=O)NC(O)c3ccc4c(c3)N(CCCCc3cc(Cl)ccc3CO4)C[C@@H]3CC[C@H]32)o1. The number of aromatic nitrogens is 2. The van der Waals surface area contributed by atoms with Crippen LogP contribution in [0.25, 0.3) is 0 Å². The molecule has 0 saturated heterocycles. The summed E-state index contributed by atoms with van der Waals surface area (Å²) in [5.41, 5.74) is 3.59. The number of fused-ring (bicyclic) bond motifs is 3. The van der Waals surface area contributed by atoms with Gasteiger partial charge in [0.15, 0.2) is 0 Å². The van der Waals surface area contributed by atoms with Gasteiger partial charge in [0.2, 0.25) is 21.8 Å². The highest BCUT2D eigenvalue weighted by Gasteiger charge is 2.38. The lowest BCUT2D eigenvalue weighted by atomic mass is 9.70. The van der Waals surface area contributed by atoms with Crippen LogP contribution >= 0.6 is 11.6 Å². The molecule has 0 spiro atoms. The zero-order chi connectivity index (χ0) is 32.3. The van der Waals surface area contributed by atoms with E-state index in [0.717, 1.165) is 56.4 Å². The number of halogens is 1. The van der Waals surface area contributed by atoms with Gasteiger partial charge in [-0.15, -0.1) is 10.2 Å². The number of hydrogen-bond acceptors (Lipinski definition) is 9. The molecule has 248 valence electrons. The molecule has 2 aromatic carbocycles. The number of sulfonamides is 1. The number of rotatable bonds is 3. The van der Waals surface area contributed by atoms with Gasteiger partial charge in [0.1, 0.15) is 25.2 Å². The zero-order valence-corrected chi connectivity index (χ0v) is 28.0. The molecule has 10 nitrogen and oxygen atoms in total. The summed E-state index contributed by atoms with van der Waals surface area (Å²) >= 11 is 6.35. The van der Waals surface area contributed by atoms with Crippen LogP contribution in [-0.4, -0.2) is 48.2 Å². The maximum Gasteiger partial charge on any atom is 0.242 e. The molecule has 1 fully saturated rings. The number of nitrogens with zero attached hydrogens (tertiary/aromatic N) is 3. The molecule has 3 heterocycles. The van der Waals surface area contributed by atoms with Crippen molar-refractivity contribution in [2.75, 3.05) is 18.0 Å². The molecule has 3 aliphatic rings. The average Bonchev–Trinajstić information content (AvgIpc) is 3.42. The van der Waals surface area contributed by atoms with Crippen LogP contribution in [-0.2, 0) is 34.4 Å². The molecule has 0 radical (unpaired) electrons. The van der Waals surface area contributed by atoms with E-state index in [1.54, 1.807) is 19.9 Å². The first-order valence-electron chi connectivity index (χ1n) is 16.2. The minimum atomic E-state index is -3.80. The van der Waals surface area contributed by atoms with Crippen molar-refractivity contribution in [1.82, 2.24) is 14.9 Å². The summed E-state index contributed by atoms with van der Waals surface area (Å²) in [6, 6.07) is 11.4. The number of anilines is 1. The Morgan fingerprint density at radius 3 is 2.76 bits per heavy atom. The molecular weight excluding hydrogens is 628 g/mol. The fourth-order valence-corrected chi connectivity index (χ4v) is 7.92. The largest absolute Gasteiger partial charge is 0.487 e. The van der Waals surface area contributed by atoms with Crippen molar-refractivity contribution in [2.24, 2.45) is 11.8 Å². The van der Waals surface area contributed by atoms with Crippen LogP contribution in [0.3, 0.4) is 0 Å². The second-order valence-electron chi connectivity index (χ2n) is 12.7.